The molecule has 1 heterocycles. The molecule has 6 heteroatoms. The Morgan fingerprint density at radius 1 is 1.29 bits per heavy atom. The van der Waals surface area contributed by atoms with Gasteiger partial charge in [-0.15, -0.1) is 0 Å². The first-order chi connectivity index (χ1) is 11.5. The lowest BCUT2D eigenvalue weighted by molar-refractivity contribution is -0.142. The second kappa shape index (κ2) is 8.47. The third-order valence-electron chi connectivity index (χ3n) is 4.32. The summed E-state index contributed by atoms with van der Waals surface area (Å²) < 4.78 is 0. The van der Waals surface area contributed by atoms with Gasteiger partial charge in [0.25, 0.3) is 0 Å². The number of carboxylic acid groups (broad SMARTS) is 1. The molecule has 2 N–H and O–H groups in total. The van der Waals surface area contributed by atoms with E-state index >= 15 is 0 Å². The zero-order valence-corrected chi connectivity index (χ0v) is 14.0. The normalized spacial score (nSPS) is 17.4. The molecule has 2 rings (SSSR count). The molecule has 1 aliphatic rings. The van der Waals surface area contributed by atoms with E-state index in [1.165, 1.54) is 0 Å². The second-order valence-corrected chi connectivity index (χ2v) is 6.00. The van der Waals surface area contributed by atoms with Crippen LogP contribution in [0.15, 0.2) is 24.3 Å². The van der Waals surface area contributed by atoms with E-state index < -0.39 is 5.97 Å². The van der Waals surface area contributed by atoms with Crippen LogP contribution >= 0.6 is 0 Å². The van der Waals surface area contributed by atoms with Crippen molar-refractivity contribution in [1.29, 1.82) is 0 Å². The third kappa shape index (κ3) is 4.57. The fourth-order valence-corrected chi connectivity index (χ4v) is 3.01. The van der Waals surface area contributed by atoms with Crippen LogP contribution in [0.25, 0.3) is 0 Å². The van der Waals surface area contributed by atoms with E-state index in [4.69, 9.17) is 5.11 Å². The molecule has 1 unspecified atom stereocenters. The molecule has 0 radical (unpaired) electrons. The number of likely N-dealkylation sites (tertiary alicyclic amines) is 1. The predicted molar refractivity (Wildman–Crippen MR) is 89.8 cm³/mol. The van der Waals surface area contributed by atoms with Crippen molar-refractivity contribution >= 4 is 17.8 Å². The van der Waals surface area contributed by atoms with Crippen molar-refractivity contribution < 1.29 is 19.5 Å². The Bertz CT molecular complexity index is 615. The zero-order valence-electron chi connectivity index (χ0n) is 14.0. The van der Waals surface area contributed by atoms with Gasteiger partial charge in [-0.1, -0.05) is 19.1 Å². The number of hydrogen-bond donors (Lipinski definition) is 2. The number of nitrogens with one attached hydrogen (secondary N) is 1. The number of benzene rings is 1. The molecular formula is C18H24N2O4. The summed E-state index contributed by atoms with van der Waals surface area (Å²) in [5, 5.41) is 11.9. The van der Waals surface area contributed by atoms with Gasteiger partial charge in [0.2, 0.25) is 11.8 Å². The Morgan fingerprint density at radius 2 is 2.08 bits per heavy atom. The fourth-order valence-electron chi connectivity index (χ4n) is 3.01. The highest BCUT2D eigenvalue weighted by atomic mass is 16.4. The molecule has 0 bridgehead atoms. The molecule has 0 spiro atoms. The molecule has 2 amide bonds. The van der Waals surface area contributed by atoms with E-state index in [-0.39, 0.29) is 23.4 Å². The number of carboxylic acids is 1. The minimum Gasteiger partial charge on any atom is -0.478 e. The number of aromatic carboxylic acids is 1. The zero-order chi connectivity index (χ0) is 17.5. The molecule has 0 saturated carbocycles. The quantitative estimate of drug-likeness (QED) is 0.832. The van der Waals surface area contributed by atoms with Crippen LogP contribution in [0.5, 0.6) is 0 Å². The van der Waals surface area contributed by atoms with Crippen molar-refractivity contribution in [3.05, 3.63) is 35.4 Å². The molecule has 1 aromatic rings. The van der Waals surface area contributed by atoms with E-state index in [2.05, 4.69) is 5.32 Å². The molecule has 1 saturated heterocycles. The van der Waals surface area contributed by atoms with Crippen LogP contribution in [-0.2, 0) is 16.0 Å². The second-order valence-electron chi connectivity index (χ2n) is 6.00. The number of nitrogens with zero attached hydrogens (tertiary/aromatic N) is 1. The number of carbonyl (C=O) groups excluding carboxylic acids is 2. The van der Waals surface area contributed by atoms with E-state index in [0.29, 0.717) is 32.4 Å². The number of carbonyl (C=O) groups is 3. The van der Waals surface area contributed by atoms with Gasteiger partial charge in [-0.25, -0.2) is 4.79 Å². The summed E-state index contributed by atoms with van der Waals surface area (Å²) in [5.41, 5.74) is 1.10. The monoisotopic (exact) mass is 332 g/mol. The molecule has 0 aliphatic carbocycles. The summed E-state index contributed by atoms with van der Waals surface area (Å²) in [6.07, 6.45) is 3.56. The Kier molecular flexibility index (Phi) is 6.35. The number of amides is 2. The smallest absolute Gasteiger partial charge is 0.335 e. The van der Waals surface area contributed by atoms with Crippen LogP contribution in [0.3, 0.4) is 0 Å². The Morgan fingerprint density at radius 3 is 2.79 bits per heavy atom. The molecular weight excluding hydrogens is 308 g/mol. The van der Waals surface area contributed by atoms with E-state index in [1.807, 2.05) is 6.07 Å². The van der Waals surface area contributed by atoms with Crippen molar-refractivity contribution in [1.82, 2.24) is 10.2 Å². The lowest BCUT2D eigenvalue weighted by Crippen LogP contribution is -2.52. The first-order valence-electron chi connectivity index (χ1n) is 8.42. The van der Waals surface area contributed by atoms with Crippen LogP contribution in [0.2, 0.25) is 0 Å². The van der Waals surface area contributed by atoms with Gasteiger partial charge < -0.3 is 15.3 Å². The van der Waals surface area contributed by atoms with Crippen molar-refractivity contribution in [3.63, 3.8) is 0 Å². The summed E-state index contributed by atoms with van der Waals surface area (Å²) in [4.78, 5) is 37.0. The maximum atomic E-state index is 12.4. The van der Waals surface area contributed by atoms with Crippen molar-refractivity contribution in [2.24, 2.45) is 0 Å². The van der Waals surface area contributed by atoms with Gasteiger partial charge >= 0.3 is 5.97 Å². The highest BCUT2D eigenvalue weighted by molar-refractivity contribution is 5.88. The van der Waals surface area contributed by atoms with Gasteiger partial charge in [0.1, 0.15) is 6.04 Å². The molecule has 0 aromatic heterocycles. The number of hydrogen-bond acceptors (Lipinski definition) is 3. The predicted octanol–water partition coefficient (Wildman–Crippen LogP) is 1.83. The standard InChI is InChI=1S/C18H24N2O4/c1-2-16(21)20-11-4-3-8-15(20)17(22)19-10-9-13-6-5-7-14(12-13)18(23)24/h5-7,12,15H,2-4,8-11H2,1H3,(H,19,22)(H,23,24). The third-order valence-corrected chi connectivity index (χ3v) is 4.32. The van der Waals surface area contributed by atoms with Gasteiger partial charge in [-0.2, -0.15) is 0 Å². The summed E-state index contributed by atoms with van der Waals surface area (Å²) in [6.45, 7) is 2.87. The van der Waals surface area contributed by atoms with Crippen LogP contribution in [0, 0.1) is 0 Å². The Balaban J connectivity index is 1.89. The van der Waals surface area contributed by atoms with Crippen LogP contribution in [0.4, 0.5) is 0 Å². The largest absolute Gasteiger partial charge is 0.478 e. The van der Waals surface area contributed by atoms with Gasteiger partial charge in [0.05, 0.1) is 5.56 Å². The topological polar surface area (TPSA) is 86.7 Å². The lowest BCUT2D eigenvalue weighted by atomic mass is 10.0. The molecule has 24 heavy (non-hydrogen) atoms. The number of rotatable bonds is 6. The molecule has 6 nitrogen and oxygen atoms in total. The van der Waals surface area contributed by atoms with Crippen molar-refractivity contribution in [3.8, 4) is 0 Å². The average Bonchev–Trinajstić information content (AvgIpc) is 2.61. The first-order valence-corrected chi connectivity index (χ1v) is 8.42. The first kappa shape index (κ1) is 18.0. The van der Waals surface area contributed by atoms with Gasteiger partial charge in [0, 0.05) is 19.5 Å². The highest BCUT2D eigenvalue weighted by Gasteiger charge is 2.30. The van der Waals surface area contributed by atoms with E-state index in [9.17, 15) is 14.4 Å². The van der Waals surface area contributed by atoms with Gasteiger partial charge in [-0.05, 0) is 43.4 Å². The molecule has 130 valence electrons. The summed E-state index contributed by atoms with van der Waals surface area (Å²) >= 11 is 0. The maximum absolute atomic E-state index is 12.4. The van der Waals surface area contributed by atoms with Crippen LogP contribution < -0.4 is 5.32 Å². The molecule has 1 aliphatic heterocycles. The summed E-state index contributed by atoms with van der Waals surface area (Å²) in [7, 11) is 0. The van der Waals surface area contributed by atoms with Crippen molar-refractivity contribution in [2.75, 3.05) is 13.1 Å². The minimum absolute atomic E-state index is 0.0176. The fraction of sp³-hybridized carbons (Fsp3) is 0.500. The SMILES string of the molecule is CCC(=O)N1CCCCC1C(=O)NCCc1cccc(C(=O)O)c1. The van der Waals surface area contributed by atoms with Gasteiger partial charge in [0.15, 0.2) is 0 Å². The number of piperidine rings is 1. The highest BCUT2D eigenvalue weighted by Crippen LogP contribution is 2.18. The summed E-state index contributed by atoms with van der Waals surface area (Å²) in [6, 6.07) is 6.31. The molecule has 1 fully saturated rings. The maximum Gasteiger partial charge on any atom is 0.335 e. The summed E-state index contributed by atoms with van der Waals surface area (Å²) in [5.74, 6) is -1.06. The van der Waals surface area contributed by atoms with Crippen LogP contribution in [0.1, 0.15) is 48.5 Å². The van der Waals surface area contributed by atoms with Gasteiger partial charge in [-0.3, -0.25) is 9.59 Å². The van der Waals surface area contributed by atoms with E-state index in [1.54, 1.807) is 30.0 Å². The van der Waals surface area contributed by atoms with Crippen LogP contribution in [-0.4, -0.2) is 46.9 Å². The lowest BCUT2D eigenvalue weighted by Gasteiger charge is -2.34. The Hall–Kier alpha value is -2.37. The Labute approximate surface area is 141 Å². The van der Waals surface area contributed by atoms with E-state index in [0.717, 1.165) is 18.4 Å². The van der Waals surface area contributed by atoms with Crippen molar-refractivity contribution in [2.45, 2.75) is 45.1 Å². The average molecular weight is 332 g/mol. The molecule has 1 aromatic carbocycles. The molecule has 1 atom stereocenters. The minimum atomic E-state index is -0.961.